The maximum Gasteiger partial charge on any atom is 0.0824 e. The van der Waals surface area contributed by atoms with Crippen molar-refractivity contribution in [3.63, 3.8) is 0 Å². The van der Waals surface area contributed by atoms with Gasteiger partial charge in [0.2, 0.25) is 0 Å². The highest BCUT2D eigenvalue weighted by Gasteiger charge is 2.27. The summed E-state index contributed by atoms with van der Waals surface area (Å²) in [5.74, 6) is 0. The highest BCUT2D eigenvalue weighted by Crippen LogP contribution is 2.32. The van der Waals surface area contributed by atoms with Crippen molar-refractivity contribution in [1.82, 2.24) is 9.99 Å². The Morgan fingerprint density at radius 3 is 2.36 bits per heavy atom. The van der Waals surface area contributed by atoms with Gasteiger partial charge in [0.1, 0.15) is 0 Å². The third-order valence-electron chi connectivity index (χ3n) is 4.34. The van der Waals surface area contributed by atoms with Gasteiger partial charge in [0.15, 0.2) is 0 Å². The predicted octanol–water partition coefficient (Wildman–Crippen LogP) is 4.90. The summed E-state index contributed by atoms with van der Waals surface area (Å²) >= 11 is 0. The number of rotatable bonds is 4. The Hall–Kier alpha value is -3.20. The molecule has 0 fully saturated rings. The first-order valence-corrected chi connectivity index (χ1v) is 8.44. The Morgan fingerprint density at radius 2 is 1.64 bits per heavy atom. The molecule has 0 amide bonds. The van der Waals surface area contributed by atoms with Crippen LogP contribution in [-0.4, -0.2) is 15.7 Å². The van der Waals surface area contributed by atoms with Crippen LogP contribution in [0.15, 0.2) is 96.5 Å². The molecule has 25 heavy (non-hydrogen) atoms. The minimum Gasteiger partial charge on any atom is -0.265 e. The van der Waals surface area contributed by atoms with Crippen LogP contribution in [0.4, 0.5) is 0 Å². The molecule has 0 aliphatic carbocycles. The second kappa shape index (κ2) is 7.14. The quantitative estimate of drug-likeness (QED) is 0.682. The monoisotopic (exact) mass is 325 g/mol. The fraction of sp³-hybridized carbons (Fsp3) is 0.0909. The van der Waals surface area contributed by atoms with Crippen LogP contribution >= 0.6 is 0 Å². The van der Waals surface area contributed by atoms with Gasteiger partial charge < -0.3 is 0 Å². The third-order valence-corrected chi connectivity index (χ3v) is 4.34. The first-order chi connectivity index (χ1) is 12.4. The van der Waals surface area contributed by atoms with Gasteiger partial charge in [-0.15, -0.1) is 0 Å². The number of hydrazone groups is 1. The molecule has 0 saturated heterocycles. The van der Waals surface area contributed by atoms with E-state index in [0.717, 1.165) is 17.7 Å². The second-order valence-electron chi connectivity index (χ2n) is 6.03. The number of hydrogen-bond donors (Lipinski definition) is 0. The minimum absolute atomic E-state index is 0.205. The van der Waals surface area contributed by atoms with E-state index in [1.54, 1.807) is 6.20 Å². The van der Waals surface area contributed by atoms with Crippen molar-refractivity contribution < 1.29 is 0 Å². The number of aromatic nitrogens is 1. The molecule has 3 heteroatoms. The summed E-state index contributed by atoms with van der Waals surface area (Å²) in [6.45, 7) is 0. The Morgan fingerprint density at radius 1 is 0.880 bits per heavy atom. The number of nitrogens with zero attached hydrogens (tertiary/aromatic N) is 3. The van der Waals surface area contributed by atoms with E-state index in [1.165, 1.54) is 11.1 Å². The smallest absolute Gasteiger partial charge is 0.0824 e. The van der Waals surface area contributed by atoms with Gasteiger partial charge in [0.05, 0.1) is 11.8 Å². The van der Waals surface area contributed by atoms with Gasteiger partial charge in [0, 0.05) is 30.6 Å². The zero-order chi connectivity index (χ0) is 16.9. The summed E-state index contributed by atoms with van der Waals surface area (Å²) in [5, 5.41) is 6.91. The Kier molecular flexibility index (Phi) is 4.38. The van der Waals surface area contributed by atoms with Gasteiger partial charge in [-0.2, -0.15) is 5.10 Å². The highest BCUT2D eigenvalue weighted by atomic mass is 15.5. The maximum atomic E-state index is 4.85. The van der Waals surface area contributed by atoms with Crippen LogP contribution in [0, 0.1) is 0 Å². The standard InChI is InChI=1S/C22H19N3/c1-3-8-18(9-4-1)13-15-25-22(19-10-5-2-6-11-19)16-21(24-25)20-12-7-14-23-17-20/h1-15,17,22H,16H2. The zero-order valence-corrected chi connectivity index (χ0v) is 13.9. The van der Waals surface area contributed by atoms with Gasteiger partial charge in [-0.1, -0.05) is 66.7 Å². The lowest BCUT2D eigenvalue weighted by Gasteiger charge is -2.20. The van der Waals surface area contributed by atoms with E-state index >= 15 is 0 Å². The third kappa shape index (κ3) is 3.50. The summed E-state index contributed by atoms with van der Waals surface area (Å²) < 4.78 is 0. The molecule has 2 aromatic carbocycles. The van der Waals surface area contributed by atoms with Crippen molar-refractivity contribution in [1.29, 1.82) is 0 Å². The zero-order valence-electron chi connectivity index (χ0n) is 13.9. The lowest BCUT2D eigenvalue weighted by atomic mass is 9.99. The van der Waals surface area contributed by atoms with Gasteiger partial charge >= 0.3 is 0 Å². The van der Waals surface area contributed by atoms with Crippen LogP contribution in [0.1, 0.15) is 29.2 Å². The van der Waals surface area contributed by atoms with E-state index in [1.807, 2.05) is 36.5 Å². The minimum atomic E-state index is 0.205. The number of benzene rings is 2. The summed E-state index contributed by atoms with van der Waals surface area (Å²) in [5.41, 5.74) is 4.58. The summed E-state index contributed by atoms with van der Waals surface area (Å²) in [6, 6.07) is 25.1. The summed E-state index contributed by atoms with van der Waals surface area (Å²) in [6.07, 6.45) is 8.71. The molecule has 122 valence electrons. The second-order valence-corrected chi connectivity index (χ2v) is 6.03. The van der Waals surface area contributed by atoms with Crippen molar-refractivity contribution in [2.45, 2.75) is 12.5 Å². The van der Waals surface area contributed by atoms with Crippen molar-refractivity contribution in [3.05, 3.63) is 108 Å². The van der Waals surface area contributed by atoms with E-state index in [9.17, 15) is 0 Å². The van der Waals surface area contributed by atoms with E-state index in [-0.39, 0.29) is 6.04 Å². The highest BCUT2D eigenvalue weighted by molar-refractivity contribution is 6.01. The van der Waals surface area contributed by atoms with Gasteiger partial charge in [0.25, 0.3) is 0 Å². The average molecular weight is 325 g/mol. The molecule has 3 aromatic rings. The number of pyridine rings is 1. The van der Waals surface area contributed by atoms with E-state index in [2.05, 4.69) is 64.7 Å². The molecule has 3 nitrogen and oxygen atoms in total. The van der Waals surface area contributed by atoms with E-state index in [4.69, 9.17) is 5.10 Å². The largest absolute Gasteiger partial charge is 0.265 e. The molecule has 0 N–H and O–H groups in total. The van der Waals surface area contributed by atoms with Crippen LogP contribution in [0.5, 0.6) is 0 Å². The Labute approximate surface area is 148 Å². The molecule has 1 unspecified atom stereocenters. The molecule has 2 heterocycles. The number of hydrogen-bond acceptors (Lipinski definition) is 3. The van der Waals surface area contributed by atoms with Crippen LogP contribution < -0.4 is 0 Å². The molecular formula is C22H19N3. The Bertz CT molecular complexity index is 871. The van der Waals surface area contributed by atoms with Crippen molar-refractivity contribution >= 4 is 11.8 Å². The van der Waals surface area contributed by atoms with Crippen LogP contribution in [0.25, 0.3) is 6.08 Å². The topological polar surface area (TPSA) is 28.5 Å². The Balaban J connectivity index is 1.66. The molecule has 1 aromatic heterocycles. The molecule has 1 aliphatic rings. The van der Waals surface area contributed by atoms with Crippen molar-refractivity contribution in [2.24, 2.45) is 5.10 Å². The first kappa shape index (κ1) is 15.3. The molecule has 1 aliphatic heterocycles. The lowest BCUT2D eigenvalue weighted by Crippen LogP contribution is -2.13. The maximum absolute atomic E-state index is 4.85. The molecule has 0 bridgehead atoms. The van der Waals surface area contributed by atoms with Crippen molar-refractivity contribution in [2.75, 3.05) is 0 Å². The van der Waals surface area contributed by atoms with Gasteiger partial charge in [-0.25, -0.2) is 0 Å². The molecule has 4 rings (SSSR count). The van der Waals surface area contributed by atoms with E-state index in [0.29, 0.717) is 0 Å². The van der Waals surface area contributed by atoms with Crippen LogP contribution in [0.2, 0.25) is 0 Å². The van der Waals surface area contributed by atoms with Gasteiger partial charge in [-0.3, -0.25) is 9.99 Å². The van der Waals surface area contributed by atoms with E-state index < -0.39 is 0 Å². The summed E-state index contributed by atoms with van der Waals surface area (Å²) in [7, 11) is 0. The van der Waals surface area contributed by atoms with Crippen LogP contribution in [0.3, 0.4) is 0 Å². The first-order valence-electron chi connectivity index (χ1n) is 8.44. The lowest BCUT2D eigenvalue weighted by molar-refractivity contribution is 0.331. The average Bonchev–Trinajstić information content (AvgIpc) is 3.13. The SMILES string of the molecule is C(=CN1N=C(c2cccnc2)CC1c1ccccc1)c1ccccc1. The molecule has 0 radical (unpaired) electrons. The van der Waals surface area contributed by atoms with Gasteiger partial charge in [-0.05, 0) is 23.3 Å². The molecule has 0 spiro atoms. The van der Waals surface area contributed by atoms with Crippen molar-refractivity contribution in [3.8, 4) is 0 Å². The molecule has 0 saturated carbocycles. The fourth-order valence-electron chi connectivity index (χ4n) is 3.05. The molecular weight excluding hydrogens is 306 g/mol. The molecule has 1 atom stereocenters. The fourth-order valence-corrected chi connectivity index (χ4v) is 3.05. The predicted molar refractivity (Wildman–Crippen MR) is 102 cm³/mol. The van der Waals surface area contributed by atoms with Crippen LogP contribution in [-0.2, 0) is 0 Å². The summed E-state index contributed by atoms with van der Waals surface area (Å²) in [4.78, 5) is 4.23. The normalized spacial score (nSPS) is 17.0.